The lowest BCUT2D eigenvalue weighted by molar-refractivity contribution is -0.219. The van der Waals surface area contributed by atoms with Gasteiger partial charge in [-0.25, -0.2) is 0 Å². The largest absolute Gasteiger partial charge is 0.508 e. The number of carbonyl (C=O) groups excluding carboxylic acids is 2. The SMILES string of the molecule is COC(=O)[C@]1(C)[C@@H](O)C[C@@H](O)[C@]2(C)c3c(O)cc(C(C)C)cc3[C@@H](O)[C@@H](OC(C)=O)[C@@H]12. The number of phenolic OH excluding ortho intramolecular Hbond substituents is 1. The minimum absolute atomic E-state index is 0.0412. The third kappa shape index (κ3) is 3.23. The Balaban J connectivity index is 2.39. The predicted octanol–water partition coefficient (Wildman–Crippen LogP) is 1.67. The number of phenols is 1. The van der Waals surface area contributed by atoms with Crippen LogP contribution in [0.3, 0.4) is 0 Å². The van der Waals surface area contributed by atoms with Gasteiger partial charge in [-0.2, -0.15) is 0 Å². The number of ether oxygens (including phenoxy) is 2. The molecule has 0 unspecified atom stereocenters. The molecule has 0 saturated heterocycles. The zero-order chi connectivity index (χ0) is 23.5. The molecule has 2 aliphatic rings. The van der Waals surface area contributed by atoms with Crippen LogP contribution in [0, 0.1) is 11.3 Å². The number of esters is 2. The van der Waals surface area contributed by atoms with Gasteiger partial charge < -0.3 is 29.9 Å². The summed E-state index contributed by atoms with van der Waals surface area (Å²) in [6, 6.07) is 3.31. The smallest absolute Gasteiger partial charge is 0.314 e. The Morgan fingerprint density at radius 2 is 1.74 bits per heavy atom. The molecule has 0 radical (unpaired) electrons. The van der Waals surface area contributed by atoms with E-state index in [9.17, 15) is 30.0 Å². The fraction of sp³-hybridized carbons (Fsp3) is 0.652. The first-order valence-corrected chi connectivity index (χ1v) is 10.5. The Hall–Kier alpha value is -2.16. The van der Waals surface area contributed by atoms with Gasteiger partial charge in [-0.05, 0) is 30.0 Å². The summed E-state index contributed by atoms with van der Waals surface area (Å²) in [4.78, 5) is 24.9. The molecular formula is C23H32O8. The first kappa shape index (κ1) is 23.5. The molecule has 0 spiro atoms. The van der Waals surface area contributed by atoms with Crippen molar-refractivity contribution in [1.82, 2.24) is 0 Å². The molecule has 0 heterocycles. The van der Waals surface area contributed by atoms with Crippen LogP contribution < -0.4 is 0 Å². The van der Waals surface area contributed by atoms with Crippen molar-refractivity contribution in [2.24, 2.45) is 11.3 Å². The normalized spacial score (nSPS) is 37.0. The molecule has 4 N–H and O–H groups in total. The lowest BCUT2D eigenvalue weighted by Crippen LogP contribution is -2.69. The molecule has 2 aliphatic carbocycles. The van der Waals surface area contributed by atoms with Crippen molar-refractivity contribution in [3.05, 3.63) is 28.8 Å². The Bertz CT molecular complexity index is 896. The van der Waals surface area contributed by atoms with E-state index in [1.807, 2.05) is 13.8 Å². The van der Waals surface area contributed by atoms with E-state index in [0.29, 0.717) is 5.56 Å². The van der Waals surface area contributed by atoms with Gasteiger partial charge in [0.2, 0.25) is 0 Å². The van der Waals surface area contributed by atoms with Gasteiger partial charge in [0.1, 0.15) is 18.0 Å². The van der Waals surface area contributed by atoms with Crippen molar-refractivity contribution in [1.29, 1.82) is 0 Å². The summed E-state index contributed by atoms with van der Waals surface area (Å²) >= 11 is 0. The molecule has 1 fully saturated rings. The van der Waals surface area contributed by atoms with Crippen molar-refractivity contribution >= 4 is 11.9 Å². The number of carbonyl (C=O) groups is 2. The molecular weight excluding hydrogens is 404 g/mol. The molecule has 1 aromatic carbocycles. The predicted molar refractivity (Wildman–Crippen MR) is 110 cm³/mol. The van der Waals surface area contributed by atoms with Crippen LogP contribution in [0.25, 0.3) is 0 Å². The van der Waals surface area contributed by atoms with Gasteiger partial charge in [-0.3, -0.25) is 9.59 Å². The lowest BCUT2D eigenvalue weighted by atomic mass is 9.46. The summed E-state index contributed by atoms with van der Waals surface area (Å²) in [5, 5.41) is 44.4. The molecule has 172 valence electrons. The zero-order valence-corrected chi connectivity index (χ0v) is 18.7. The summed E-state index contributed by atoms with van der Waals surface area (Å²) in [5.74, 6) is -2.60. The number of rotatable bonds is 3. The zero-order valence-electron chi connectivity index (χ0n) is 18.7. The lowest BCUT2D eigenvalue weighted by Gasteiger charge is -2.60. The first-order chi connectivity index (χ1) is 14.3. The molecule has 1 aromatic rings. The Morgan fingerprint density at radius 3 is 2.26 bits per heavy atom. The molecule has 8 heteroatoms. The Labute approximate surface area is 181 Å². The molecule has 0 aromatic heterocycles. The Kier molecular flexibility index (Phi) is 5.88. The maximum absolute atomic E-state index is 12.9. The number of benzene rings is 1. The van der Waals surface area contributed by atoms with Gasteiger partial charge in [0.25, 0.3) is 0 Å². The summed E-state index contributed by atoms with van der Waals surface area (Å²) in [5.41, 5.74) is -1.56. The molecule has 8 nitrogen and oxygen atoms in total. The fourth-order valence-corrected chi connectivity index (χ4v) is 5.73. The van der Waals surface area contributed by atoms with Crippen LogP contribution in [0.1, 0.15) is 69.8 Å². The highest BCUT2D eigenvalue weighted by Gasteiger charge is 2.69. The fourth-order valence-electron chi connectivity index (χ4n) is 5.73. The van der Waals surface area contributed by atoms with Gasteiger partial charge in [0.15, 0.2) is 0 Å². The van der Waals surface area contributed by atoms with Crippen molar-refractivity contribution in [2.45, 2.75) is 76.8 Å². The number of hydrogen-bond donors (Lipinski definition) is 4. The summed E-state index contributed by atoms with van der Waals surface area (Å²) in [6.45, 7) is 8.19. The van der Waals surface area contributed by atoms with Crippen LogP contribution in [0.4, 0.5) is 0 Å². The van der Waals surface area contributed by atoms with E-state index in [1.165, 1.54) is 21.0 Å². The number of aromatic hydroxyl groups is 1. The standard InChI is InChI=1S/C23H32O8/c1-10(2)12-7-13-17(14(25)8-12)22(4)15(26)9-16(27)23(5,21(29)30-6)20(22)19(18(13)28)31-11(3)24/h7-8,10,15-16,18-20,25-28H,9H2,1-6H3/t15-,16+,18-,19-,20-,22-,23-/m1/s1. The average Bonchev–Trinajstić information content (AvgIpc) is 2.68. The second-order valence-electron chi connectivity index (χ2n) is 9.48. The maximum atomic E-state index is 12.9. The number of hydrogen-bond acceptors (Lipinski definition) is 8. The van der Waals surface area contributed by atoms with E-state index < -0.39 is 53.1 Å². The van der Waals surface area contributed by atoms with E-state index in [0.717, 1.165) is 5.56 Å². The third-order valence-electron chi connectivity index (χ3n) is 7.38. The monoisotopic (exact) mass is 436 g/mol. The van der Waals surface area contributed by atoms with Crippen LogP contribution in [0.2, 0.25) is 0 Å². The van der Waals surface area contributed by atoms with Gasteiger partial charge in [0, 0.05) is 30.2 Å². The molecule has 0 bridgehead atoms. The van der Waals surface area contributed by atoms with E-state index in [2.05, 4.69) is 0 Å². The van der Waals surface area contributed by atoms with Crippen LogP contribution in [-0.2, 0) is 24.5 Å². The second-order valence-corrected chi connectivity index (χ2v) is 9.48. The summed E-state index contributed by atoms with van der Waals surface area (Å²) < 4.78 is 10.5. The van der Waals surface area contributed by atoms with Crippen molar-refractivity contribution in [3.63, 3.8) is 0 Å². The van der Waals surface area contributed by atoms with Gasteiger partial charge in [-0.15, -0.1) is 0 Å². The summed E-state index contributed by atoms with van der Waals surface area (Å²) in [7, 11) is 1.18. The maximum Gasteiger partial charge on any atom is 0.314 e. The van der Waals surface area contributed by atoms with Gasteiger partial charge in [-0.1, -0.05) is 26.8 Å². The third-order valence-corrected chi connectivity index (χ3v) is 7.38. The number of aliphatic hydroxyl groups is 3. The quantitative estimate of drug-likeness (QED) is 0.526. The number of aliphatic hydroxyl groups excluding tert-OH is 3. The topological polar surface area (TPSA) is 134 Å². The molecule has 7 atom stereocenters. The van der Waals surface area contributed by atoms with E-state index >= 15 is 0 Å². The minimum Gasteiger partial charge on any atom is -0.508 e. The summed E-state index contributed by atoms with van der Waals surface area (Å²) in [6.07, 6.45) is -5.32. The average molecular weight is 437 g/mol. The van der Waals surface area contributed by atoms with Gasteiger partial charge in [0.05, 0.1) is 24.7 Å². The highest BCUT2D eigenvalue weighted by atomic mass is 16.6. The number of fused-ring (bicyclic) bond motifs is 3. The van der Waals surface area contributed by atoms with Crippen LogP contribution in [-0.4, -0.2) is 57.8 Å². The van der Waals surface area contributed by atoms with Gasteiger partial charge >= 0.3 is 11.9 Å². The van der Waals surface area contributed by atoms with E-state index in [-0.39, 0.29) is 23.7 Å². The van der Waals surface area contributed by atoms with Crippen molar-refractivity contribution in [3.8, 4) is 5.75 Å². The highest BCUT2D eigenvalue weighted by Crippen LogP contribution is 2.62. The van der Waals surface area contributed by atoms with Crippen LogP contribution in [0.15, 0.2) is 12.1 Å². The second kappa shape index (κ2) is 7.76. The molecule has 0 aliphatic heterocycles. The van der Waals surface area contributed by atoms with E-state index in [1.54, 1.807) is 19.1 Å². The number of methoxy groups -OCH3 is 1. The molecule has 0 amide bonds. The van der Waals surface area contributed by atoms with Crippen molar-refractivity contribution in [2.75, 3.05) is 7.11 Å². The molecule has 31 heavy (non-hydrogen) atoms. The molecule has 3 rings (SSSR count). The Morgan fingerprint density at radius 1 is 1.13 bits per heavy atom. The highest BCUT2D eigenvalue weighted by molar-refractivity contribution is 5.79. The van der Waals surface area contributed by atoms with Crippen molar-refractivity contribution < 1.29 is 39.5 Å². The minimum atomic E-state index is -1.62. The van der Waals surface area contributed by atoms with Crippen LogP contribution in [0.5, 0.6) is 5.75 Å². The van der Waals surface area contributed by atoms with E-state index in [4.69, 9.17) is 9.47 Å². The molecule has 1 saturated carbocycles. The first-order valence-electron chi connectivity index (χ1n) is 10.5. The van der Waals surface area contributed by atoms with Crippen LogP contribution >= 0.6 is 0 Å².